The van der Waals surface area contributed by atoms with Gasteiger partial charge in [0, 0.05) is 13.2 Å². The van der Waals surface area contributed by atoms with Crippen LogP contribution in [0.3, 0.4) is 0 Å². The molecule has 2 fully saturated rings. The third-order valence-corrected chi connectivity index (χ3v) is 3.70. The smallest absolute Gasteiger partial charge is 0.326 e. The summed E-state index contributed by atoms with van der Waals surface area (Å²) < 4.78 is 5.42. The fourth-order valence-corrected chi connectivity index (χ4v) is 2.63. The molecular weight excluding hydrogens is 222 g/mol. The summed E-state index contributed by atoms with van der Waals surface area (Å²) in [7, 11) is 0. The molecule has 2 rings (SSSR count). The van der Waals surface area contributed by atoms with Gasteiger partial charge in [-0.15, -0.1) is 0 Å². The number of carboxylic acids is 1. The lowest BCUT2D eigenvalue weighted by Gasteiger charge is -2.35. The van der Waals surface area contributed by atoms with Gasteiger partial charge < -0.3 is 14.7 Å². The number of amides is 1. The molecular formula is C12H19NO4. The van der Waals surface area contributed by atoms with Crippen molar-refractivity contribution < 1.29 is 19.4 Å². The highest BCUT2D eigenvalue weighted by Crippen LogP contribution is 2.25. The van der Waals surface area contributed by atoms with Gasteiger partial charge in [-0.25, -0.2) is 4.79 Å². The summed E-state index contributed by atoms with van der Waals surface area (Å²) in [5.74, 6) is -0.843. The first-order valence-corrected chi connectivity index (χ1v) is 6.26. The van der Waals surface area contributed by atoms with Crippen molar-refractivity contribution in [3.63, 3.8) is 0 Å². The molecule has 0 aromatic heterocycles. The van der Waals surface area contributed by atoms with Crippen molar-refractivity contribution in [2.45, 2.75) is 44.8 Å². The molecule has 0 aromatic carbocycles. The number of carbonyl (C=O) groups is 2. The third kappa shape index (κ3) is 2.44. The van der Waals surface area contributed by atoms with Crippen LogP contribution in [0.1, 0.15) is 32.6 Å². The minimum absolute atomic E-state index is 0.137. The maximum Gasteiger partial charge on any atom is 0.326 e. The van der Waals surface area contributed by atoms with Gasteiger partial charge in [0.2, 0.25) is 0 Å². The Morgan fingerprint density at radius 1 is 1.29 bits per heavy atom. The lowest BCUT2D eigenvalue weighted by atomic mass is 9.98. The Bertz CT molecular complexity index is 318. The average molecular weight is 241 g/mol. The molecule has 96 valence electrons. The summed E-state index contributed by atoms with van der Waals surface area (Å²) in [4.78, 5) is 24.9. The zero-order valence-electron chi connectivity index (χ0n) is 10.1. The third-order valence-electron chi connectivity index (χ3n) is 3.70. The largest absolute Gasteiger partial charge is 0.480 e. The van der Waals surface area contributed by atoms with Crippen molar-refractivity contribution in [1.82, 2.24) is 4.90 Å². The second kappa shape index (κ2) is 5.04. The molecule has 0 spiro atoms. The molecule has 5 nitrogen and oxygen atoms in total. The highest BCUT2D eigenvalue weighted by molar-refractivity contribution is 5.87. The molecule has 3 unspecified atom stereocenters. The standard InChI is InChI=1S/C12H19NO4/c1-8-5-7-17-10(8)11(14)13-6-3-2-4-9(13)12(15)16/h8-10H,2-7H2,1H3,(H,15,16). The Labute approximate surface area is 101 Å². The molecule has 2 aliphatic rings. The van der Waals surface area contributed by atoms with Crippen molar-refractivity contribution in [1.29, 1.82) is 0 Å². The van der Waals surface area contributed by atoms with E-state index in [-0.39, 0.29) is 11.8 Å². The minimum atomic E-state index is -0.899. The van der Waals surface area contributed by atoms with Crippen LogP contribution >= 0.6 is 0 Å². The second-order valence-corrected chi connectivity index (χ2v) is 4.94. The van der Waals surface area contributed by atoms with Crippen molar-refractivity contribution in [3.05, 3.63) is 0 Å². The molecule has 0 saturated carbocycles. The molecule has 1 N–H and O–H groups in total. The first-order valence-electron chi connectivity index (χ1n) is 6.26. The van der Waals surface area contributed by atoms with Gasteiger partial charge >= 0.3 is 5.97 Å². The predicted molar refractivity (Wildman–Crippen MR) is 60.5 cm³/mol. The van der Waals surface area contributed by atoms with Crippen LogP contribution in [-0.4, -0.2) is 47.2 Å². The number of piperidine rings is 1. The van der Waals surface area contributed by atoms with Gasteiger partial charge in [0.25, 0.3) is 5.91 Å². The SMILES string of the molecule is CC1CCOC1C(=O)N1CCCCC1C(=O)O. The van der Waals surface area contributed by atoms with E-state index in [0.717, 1.165) is 19.3 Å². The number of nitrogens with zero attached hydrogens (tertiary/aromatic N) is 1. The average Bonchev–Trinajstić information content (AvgIpc) is 2.74. The second-order valence-electron chi connectivity index (χ2n) is 4.94. The van der Waals surface area contributed by atoms with E-state index in [0.29, 0.717) is 19.6 Å². The number of carbonyl (C=O) groups excluding carboxylic acids is 1. The van der Waals surface area contributed by atoms with E-state index < -0.39 is 18.1 Å². The van der Waals surface area contributed by atoms with E-state index in [9.17, 15) is 9.59 Å². The number of ether oxygens (including phenoxy) is 1. The lowest BCUT2D eigenvalue weighted by molar-refractivity contribution is -0.157. The zero-order chi connectivity index (χ0) is 12.4. The number of carboxylic acid groups (broad SMARTS) is 1. The summed E-state index contributed by atoms with van der Waals surface area (Å²) in [5.41, 5.74) is 0. The Morgan fingerprint density at radius 2 is 2.06 bits per heavy atom. The van der Waals surface area contributed by atoms with Crippen molar-refractivity contribution in [3.8, 4) is 0 Å². The van der Waals surface area contributed by atoms with Crippen LogP contribution in [0.2, 0.25) is 0 Å². The molecule has 2 saturated heterocycles. The van der Waals surface area contributed by atoms with Crippen LogP contribution in [0, 0.1) is 5.92 Å². The Morgan fingerprint density at radius 3 is 2.65 bits per heavy atom. The van der Waals surface area contributed by atoms with Gasteiger partial charge in [-0.2, -0.15) is 0 Å². The van der Waals surface area contributed by atoms with Gasteiger partial charge in [0.1, 0.15) is 12.1 Å². The fraction of sp³-hybridized carbons (Fsp3) is 0.833. The van der Waals surface area contributed by atoms with E-state index >= 15 is 0 Å². The number of likely N-dealkylation sites (tertiary alicyclic amines) is 1. The minimum Gasteiger partial charge on any atom is -0.480 e. The highest BCUT2D eigenvalue weighted by atomic mass is 16.5. The maximum atomic E-state index is 12.3. The normalized spacial score (nSPS) is 33.7. The van der Waals surface area contributed by atoms with E-state index in [1.165, 1.54) is 4.90 Å². The molecule has 3 atom stereocenters. The molecule has 2 aliphatic heterocycles. The van der Waals surface area contributed by atoms with Crippen LogP contribution in [0.4, 0.5) is 0 Å². The van der Waals surface area contributed by atoms with Gasteiger partial charge in [0.05, 0.1) is 0 Å². The van der Waals surface area contributed by atoms with Gasteiger partial charge in [-0.05, 0) is 31.6 Å². The Kier molecular flexibility index (Phi) is 3.66. The first kappa shape index (κ1) is 12.4. The van der Waals surface area contributed by atoms with Crippen LogP contribution in [0.25, 0.3) is 0 Å². The van der Waals surface area contributed by atoms with Crippen LogP contribution in [0.15, 0.2) is 0 Å². The van der Waals surface area contributed by atoms with E-state index in [1.54, 1.807) is 0 Å². The number of aliphatic carboxylic acids is 1. The number of hydrogen-bond acceptors (Lipinski definition) is 3. The summed E-state index contributed by atoms with van der Waals surface area (Å²) in [6.07, 6.45) is 2.76. The van der Waals surface area contributed by atoms with Crippen LogP contribution in [-0.2, 0) is 14.3 Å². The molecule has 0 radical (unpaired) electrons. The molecule has 17 heavy (non-hydrogen) atoms. The Balaban J connectivity index is 2.08. The molecule has 0 bridgehead atoms. The molecule has 5 heteroatoms. The zero-order valence-corrected chi connectivity index (χ0v) is 10.1. The molecule has 0 aliphatic carbocycles. The van der Waals surface area contributed by atoms with Crippen molar-refractivity contribution >= 4 is 11.9 Å². The maximum absolute atomic E-state index is 12.3. The predicted octanol–water partition coefficient (Wildman–Crippen LogP) is 0.877. The van der Waals surface area contributed by atoms with Gasteiger partial charge in [-0.3, -0.25) is 4.79 Å². The van der Waals surface area contributed by atoms with Gasteiger partial charge in [-0.1, -0.05) is 6.92 Å². The number of rotatable bonds is 2. The fourth-order valence-electron chi connectivity index (χ4n) is 2.63. The molecule has 0 aromatic rings. The molecule has 1 amide bonds. The van der Waals surface area contributed by atoms with Crippen molar-refractivity contribution in [2.24, 2.45) is 5.92 Å². The van der Waals surface area contributed by atoms with Gasteiger partial charge in [0.15, 0.2) is 0 Å². The first-order chi connectivity index (χ1) is 8.11. The lowest BCUT2D eigenvalue weighted by Crippen LogP contribution is -2.52. The highest BCUT2D eigenvalue weighted by Gasteiger charge is 2.39. The monoisotopic (exact) mass is 241 g/mol. The van der Waals surface area contributed by atoms with Crippen LogP contribution < -0.4 is 0 Å². The summed E-state index contributed by atoms with van der Waals surface area (Å²) in [6, 6.07) is -0.660. The number of hydrogen-bond donors (Lipinski definition) is 1. The van der Waals surface area contributed by atoms with E-state index in [1.807, 2.05) is 6.92 Å². The van der Waals surface area contributed by atoms with Crippen LogP contribution in [0.5, 0.6) is 0 Å². The Hall–Kier alpha value is -1.10. The molecule has 2 heterocycles. The quantitative estimate of drug-likeness (QED) is 0.779. The van der Waals surface area contributed by atoms with Crippen molar-refractivity contribution in [2.75, 3.05) is 13.2 Å². The summed E-state index contributed by atoms with van der Waals surface area (Å²) in [6.45, 7) is 3.13. The van der Waals surface area contributed by atoms with E-state index in [4.69, 9.17) is 9.84 Å². The summed E-state index contributed by atoms with van der Waals surface area (Å²) >= 11 is 0. The summed E-state index contributed by atoms with van der Waals surface area (Å²) in [5, 5.41) is 9.13. The van der Waals surface area contributed by atoms with E-state index in [2.05, 4.69) is 0 Å². The topological polar surface area (TPSA) is 66.8 Å².